The van der Waals surface area contributed by atoms with Crippen LogP contribution in [0.1, 0.15) is 120 Å². The highest BCUT2D eigenvalue weighted by Crippen LogP contribution is 2.23. The number of nitrogens with zero attached hydrogens (tertiary/aromatic N) is 2. The summed E-state index contributed by atoms with van der Waals surface area (Å²) in [6.07, 6.45) is 5.80. The number of unbranched alkanes of at least 4 members (excludes halogenated alkanes) is 2. The molecule has 3 aromatic carbocycles. The standard InChI is InChI=1S/C81H119N23O19S/c1-45(2)67(68(85)111)103-79(122)64-22-14-33-104(64)80(123)57(20-10-12-31-83)93-65(108)41-91-70(113)60(37-48-39-90-53-19-8-7-17-51(48)53)99-71(114)54(21-13-32-89-81(86)87)94-74(117)58(35-46-15-5-4-6-16-46)97-76(119)61(38-49-40-88-44-92-49)100-72(115)55(27-28-66(109)110)95-73(116)56(29-34-124-3)96-77(120)63(43-106)102-75(118)59(36-47-23-25-50(107)26-24-47)98-78(121)62(42-105)101-69(112)52(84)18-9-11-30-82/h4-8,15-17,19,23-26,39-40,44-45,52,54-64,67,90,105-107H,9-14,18,20-22,27-38,41-43,82-84H2,1-3H3,(H2,85,111)(H,88,92)(H,91,113)(H,93,108)(H,94,117)(H,95,116)(H,96,120)(H,97,119)(H,98,121)(H,99,114)(H,100,115)(H,101,112)(H,102,118)(H,103,122)(H,109,110)(H4,86,87,89)/t52-,54-,55-,56-,57-,58-,59-,60-,61-,62-,63-,64-,67-/m0/s1. The number of aliphatic carboxylic acids is 1. The van der Waals surface area contributed by atoms with Crippen molar-refractivity contribution in [2.75, 3.05) is 57.9 Å². The molecule has 678 valence electrons. The largest absolute Gasteiger partial charge is 0.508 e. The molecule has 42 nitrogen and oxygen atoms in total. The number of rotatable bonds is 55. The zero-order valence-corrected chi connectivity index (χ0v) is 70.4. The van der Waals surface area contributed by atoms with E-state index in [0.717, 1.165) is 0 Å². The first-order valence-electron chi connectivity index (χ1n) is 41.0. The number of amides is 14. The van der Waals surface area contributed by atoms with Crippen molar-refractivity contribution in [2.24, 2.45) is 34.6 Å². The molecule has 1 fully saturated rings. The number of carbonyl (C=O) groups is 15. The van der Waals surface area contributed by atoms with E-state index >= 15 is 14.4 Å². The number of aliphatic hydroxyl groups excluding tert-OH is 2. The van der Waals surface area contributed by atoms with Crippen LogP contribution in [0.5, 0.6) is 5.75 Å². The van der Waals surface area contributed by atoms with E-state index in [4.69, 9.17) is 34.1 Å². The Bertz CT molecular complexity index is 4390. The lowest BCUT2D eigenvalue weighted by Gasteiger charge is -2.30. The van der Waals surface area contributed by atoms with Crippen molar-refractivity contribution >= 4 is 117 Å². The number of H-pyrrole nitrogens is 2. The fourth-order valence-electron chi connectivity index (χ4n) is 13.6. The lowest BCUT2D eigenvalue weighted by Crippen LogP contribution is -2.61. The van der Waals surface area contributed by atoms with Crippen molar-refractivity contribution in [3.63, 3.8) is 0 Å². The number of imidazole rings is 1. The molecule has 13 atom stereocenters. The number of aliphatic hydroxyl groups is 2. The minimum absolute atomic E-state index is 0.00973. The minimum atomic E-state index is -1.87. The fourth-order valence-corrected chi connectivity index (χ4v) is 14.1. The number of carbonyl (C=O) groups excluding carboxylic acids is 14. The number of carboxylic acids is 1. The number of hydrogen-bond donors (Lipinski definition) is 25. The number of thioether (sulfide) groups is 1. The van der Waals surface area contributed by atoms with E-state index in [1.807, 2.05) is 0 Å². The van der Waals surface area contributed by atoms with E-state index in [-0.39, 0.29) is 101 Å². The highest BCUT2D eigenvalue weighted by molar-refractivity contribution is 7.98. The van der Waals surface area contributed by atoms with Crippen LogP contribution in [0.4, 0.5) is 0 Å². The van der Waals surface area contributed by atoms with Gasteiger partial charge in [0.1, 0.15) is 78.3 Å². The predicted molar refractivity (Wildman–Crippen MR) is 456 cm³/mol. The van der Waals surface area contributed by atoms with Crippen LogP contribution in [0, 0.1) is 11.3 Å². The fraction of sp³-hybridized carbons (Fsp3) is 0.519. The van der Waals surface area contributed by atoms with Crippen LogP contribution in [0.2, 0.25) is 0 Å². The number of nitrogens with two attached hydrogens (primary N) is 5. The van der Waals surface area contributed by atoms with Crippen LogP contribution >= 0.6 is 11.8 Å². The summed E-state index contributed by atoms with van der Waals surface area (Å²) in [4.78, 5) is 223. The Labute approximate surface area is 720 Å². The Hall–Kier alpha value is -12.3. The summed E-state index contributed by atoms with van der Waals surface area (Å²) >= 11 is 1.22. The van der Waals surface area contributed by atoms with Crippen molar-refractivity contribution in [2.45, 2.75) is 202 Å². The molecule has 124 heavy (non-hydrogen) atoms. The molecule has 0 spiro atoms. The summed E-state index contributed by atoms with van der Waals surface area (Å²) in [6.45, 7) is 1.35. The van der Waals surface area contributed by atoms with E-state index in [9.17, 15) is 78.0 Å². The number of nitrogens with one attached hydrogen (secondary N) is 16. The molecule has 5 aromatic rings. The number of likely N-dealkylation sites (tertiary alicyclic amines) is 1. The van der Waals surface area contributed by atoms with Crippen LogP contribution in [0.25, 0.3) is 10.9 Å². The van der Waals surface area contributed by atoms with Gasteiger partial charge in [-0.15, -0.1) is 0 Å². The van der Waals surface area contributed by atoms with Gasteiger partial charge in [0.15, 0.2) is 5.96 Å². The van der Waals surface area contributed by atoms with Gasteiger partial charge in [0.2, 0.25) is 82.7 Å². The van der Waals surface area contributed by atoms with Gasteiger partial charge in [-0.3, -0.25) is 77.3 Å². The molecule has 0 aliphatic carbocycles. The van der Waals surface area contributed by atoms with Crippen LogP contribution < -0.4 is 97.8 Å². The van der Waals surface area contributed by atoms with E-state index in [1.165, 1.54) is 53.5 Å². The molecular formula is C81H119N23O19S. The maximum absolute atomic E-state index is 15.2. The Morgan fingerprint density at radius 1 is 0.548 bits per heavy atom. The molecule has 6 rings (SSSR count). The topological polar surface area (TPSA) is 695 Å². The van der Waals surface area contributed by atoms with Gasteiger partial charge < -0.3 is 133 Å². The number of benzene rings is 3. The molecule has 0 saturated carbocycles. The summed E-state index contributed by atoms with van der Waals surface area (Å²) in [5.41, 5.74) is 30.8. The lowest BCUT2D eigenvalue weighted by atomic mass is 10.0. The molecule has 0 radical (unpaired) electrons. The van der Waals surface area contributed by atoms with Crippen LogP contribution in [0.15, 0.2) is 97.6 Å². The number of fused-ring (bicyclic) bond motifs is 1. The lowest BCUT2D eigenvalue weighted by molar-refractivity contribution is -0.142. The summed E-state index contributed by atoms with van der Waals surface area (Å²) in [5.74, 6) is -15.2. The van der Waals surface area contributed by atoms with Crippen molar-refractivity contribution in [1.82, 2.24) is 89.0 Å². The number of aromatic amines is 2. The monoisotopic (exact) mass is 1750 g/mol. The van der Waals surface area contributed by atoms with Crippen molar-refractivity contribution in [3.05, 3.63) is 120 Å². The molecule has 2 aromatic heterocycles. The van der Waals surface area contributed by atoms with Crippen molar-refractivity contribution in [3.8, 4) is 5.75 Å². The first kappa shape index (κ1) is 100. The molecule has 3 heterocycles. The maximum atomic E-state index is 15.2. The number of phenolic OH excluding ortho intramolecular Hbond substituents is 1. The molecular weight excluding hydrogens is 1630 g/mol. The first-order valence-corrected chi connectivity index (χ1v) is 42.4. The SMILES string of the molecule is CSCC[C@H](NC(=O)[C@H](CO)NC(=O)[C@H](Cc1ccc(O)cc1)NC(=O)[C@H](CO)NC(=O)[C@@H](N)CCCCN)C(=O)N[C@@H](CCC(=O)O)C(=O)N[C@@H](Cc1c[nH]cn1)C(=O)N[C@@H](Cc1ccccc1)C(=O)N[C@@H](CCCNC(=N)N)C(=O)N[C@@H](Cc1c[nH]c2ccccc12)C(=O)NCC(=O)N[C@@H](CCCCN)C(=O)N1CCC[C@H]1C(=O)N[C@H](C(N)=O)C(C)C. The third kappa shape index (κ3) is 33.2. The van der Waals surface area contributed by atoms with E-state index in [0.29, 0.717) is 66.2 Å². The van der Waals surface area contributed by atoms with Gasteiger partial charge in [-0.2, -0.15) is 11.8 Å². The average molecular weight is 1750 g/mol. The number of hydrogen-bond acceptors (Lipinski definition) is 24. The number of aromatic hydroxyl groups is 1. The van der Waals surface area contributed by atoms with Crippen LogP contribution in [-0.4, -0.2) is 271 Å². The average Bonchev–Trinajstić information content (AvgIpc) is 1.67. The number of primary amides is 1. The summed E-state index contributed by atoms with van der Waals surface area (Å²) in [6, 6.07) is 1.51. The third-order valence-electron chi connectivity index (χ3n) is 20.4. The number of aromatic nitrogens is 3. The van der Waals surface area contributed by atoms with Gasteiger partial charge in [0.05, 0.1) is 37.8 Å². The second-order valence-electron chi connectivity index (χ2n) is 30.3. The third-order valence-corrected chi connectivity index (χ3v) is 21.1. The second kappa shape index (κ2) is 52.2. The van der Waals surface area contributed by atoms with Crippen molar-refractivity contribution in [1.29, 1.82) is 5.41 Å². The Balaban J connectivity index is 1.24. The van der Waals surface area contributed by atoms with Crippen LogP contribution in [-0.2, 0) is 97.6 Å². The zero-order chi connectivity index (χ0) is 91.0. The number of para-hydroxylation sites is 1. The van der Waals surface area contributed by atoms with E-state index < -0.39 is 212 Å². The molecule has 14 amide bonds. The van der Waals surface area contributed by atoms with Gasteiger partial charge in [-0.25, -0.2) is 4.98 Å². The Morgan fingerprint density at radius 3 is 1.59 bits per heavy atom. The summed E-state index contributed by atoms with van der Waals surface area (Å²) in [7, 11) is 0. The molecule has 43 heteroatoms. The van der Waals surface area contributed by atoms with Gasteiger partial charge in [0.25, 0.3) is 0 Å². The predicted octanol–water partition coefficient (Wildman–Crippen LogP) is -5.10. The molecule has 0 unspecified atom stereocenters. The number of carboxylic acid groups (broad SMARTS) is 1. The second-order valence-corrected chi connectivity index (χ2v) is 31.3. The summed E-state index contributed by atoms with van der Waals surface area (Å²) in [5, 5.41) is 82.6. The van der Waals surface area contributed by atoms with Gasteiger partial charge in [0, 0.05) is 68.5 Å². The molecule has 1 aliphatic heterocycles. The van der Waals surface area contributed by atoms with Gasteiger partial charge in [-0.1, -0.05) is 80.9 Å². The highest BCUT2D eigenvalue weighted by Gasteiger charge is 2.41. The molecule has 1 saturated heterocycles. The van der Waals surface area contributed by atoms with E-state index in [1.54, 1.807) is 80.9 Å². The van der Waals surface area contributed by atoms with Gasteiger partial charge in [-0.05, 0) is 137 Å². The highest BCUT2D eigenvalue weighted by atomic mass is 32.2. The van der Waals surface area contributed by atoms with E-state index in [2.05, 4.69) is 84.1 Å². The normalized spacial score (nSPS) is 15.3. The zero-order valence-electron chi connectivity index (χ0n) is 69.6. The number of guanidine groups is 1. The summed E-state index contributed by atoms with van der Waals surface area (Å²) < 4.78 is 0. The number of phenols is 1. The van der Waals surface area contributed by atoms with Crippen molar-refractivity contribution < 1.29 is 92.3 Å². The van der Waals surface area contributed by atoms with Gasteiger partial charge >= 0.3 is 5.97 Å². The Kier molecular flexibility index (Phi) is 42.3. The quantitative estimate of drug-likeness (QED) is 0.00984. The minimum Gasteiger partial charge on any atom is -0.508 e. The Morgan fingerprint density at radius 2 is 1.05 bits per heavy atom. The molecule has 0 bridgehead atoms. The van der Waals surface area contributed by atoms with Crippen LogP contribution in [0.3, 0.4) is 0 Å². The maximum Gasteiger partial charge on any atom is 0.303 e. The molecule has 30 N–H and O–H groups in total. The molecule has 1 aliphatic rings. The first-order chi connectivity index (χ1) is 59.3. The smallest absolute Gasteiger partial charge is 0.303 e.